The first-order chi connectivity index (χ1) is 8.63. The van der Waals surface area contributed by atoms with Crippen molar-refractivity contribution in [3.05, 3.63) is 41.8 Å². The van der Waals surface area contributed by atoms with Crippen LogP contribution in [0.3, 0.4) is 0 Å². The third kappa shape index (κ3) is 3.82. The number of nitrogens with zero attached hydrogens (tertiary/aromatic N) is 2. The molecule has 1 unspecified atom stereocenters. The summed E-state index contributed by atoms with van der Waals surface area (Å²) in [5.41, 5.74) is 5.64. The molecule has 1 aromatic heterocycles. The first-order valence-electron chi connectivity index (χ1n) is 5.59. The van der Waals surface area contributed by atoms with Crippen molar-refractivity contribution in [2.75, 3.05) is 0 Å². The van der Waals surface area contributed by atoms with E-state index in [9.17, 15) is 4.39 Å². The molecule has 0 saturated carbocycles. The smallest absolute Gasteiger partial charge is 0.228 e. The van der Waals surface area contributed by atoms with Crippen molar-refractivity contribution in [3.63, 3.8) is 0 Å². The molecular weight excluding hydrogens is 253 g/mol. The number of benzene rings is 1. The molecule has 0 saturated heterocycles. The maximum absolute atomic E-state index is 12.7. The Hall–Kier alpha value is -1.40. The number of rotatable bonds is 5. The highest BCUT2D eigenvalue weighted by Gasteiger charge is 2.08. The van der Waals surface area contributed by atoms with Gasteiger partial charge < -0.3 is 10.3 Å². The summed E-state index contributed by atoms with van der Waals surface area (Å²) in [6, 6.07) is 6.31. The predicted molar refractivity (Wildman–Crippen MR) is 67.6 cm³/mol. The van der Waals surface area contributed by atoms with E-state index in [1.807, 2.05) is 6.92 Å². The summed E-state index contributed by atoms with van der Waals surface area (Å²) in [4.78, 5) is 5.20. The second-order valence-electron chi connectivity index (χ2n) is 4.03. The summed E-state index contributed by atoms with van der Waals surface area (Å²) in [5.74, 6) is 1.53. The van der Waals surface area contributed by atoms with Gasteiger partial charge in [-0.15, -0.1) is 11.8 Å². The zero-order chi connectivity index (χ0) is 13.0. The molecule has 0 fully saturated rings. The lowest BCUT2D eigenvalue weighted by atomic mass is 10.2. The minimum absolute atomic E-state index is 0.00283. The van der Waals surface area contributed by atoms with Crippen LogP contribution >= 0.6 is 11.8 Å². The van der Waals surface area contributed by atoms with Crippen molar-refractivity contribution >= 4 is 11.8 Å². The van der Waals surface area contributed by atoms with Gasteiger partial charge in [-0.25, -0.2) is 4.39 Å². The molecule has 2 N–H and O–H groups in total. The lowest BCUT2D eigenvalue weighted by molar-refractivity contribution is 0.368. The number of hydrogen-bond acceptors (Lipinski definition) is 5. The van der Waals surface area contributed by atoms with E-state index in [0.29, 0.717) is 23.9 Å². The third-order valence-corrected chi connectivity index (χ3v) is 3.20. The first kappa shape index (κ1) is 13.0. The summed E-state index contributed by atoms with van der Waals surface area (Å²) in [6.07, 6.45) is 0.578. The number of nitrogens with two attached hydrogens (primary N) is 1. The highest BCUT2D eigenvalue weighted by Crippen LogP contribution is 2.21. The van der Waals surface area contributed by atoms with Crippen LogP contribution < -0.4 is 5.73 Å². The quantitative estimate of drug-likeness (QED) is 0.843. The highest BCUT2D eigenvalue weighted by molar-refractivity contribution is 7.98. The maximum Gasteiger partial charge on any atom is 0.228 e. The minimum Gasteiger partial charge on any atom is -0.339 e. The summed E-state index contributed by atoms with van der Waals surface area (Å²) < 4.78 is 17.8. The highest BCUT2D eigenvalue weighted by atomic mass is 32.2. The van der Waals surface area contributed by atoms with Crippen molar-refractivity contribution in [2.45, 2.75) is 30.0 Å². The fourth-order valence-corrected chi connectivity index (χ4v) is 2.13. The molecule has 1 aromatic carbocycles. The predicted octanol–water partition coefficient (Wildman–Crippen LogP) is 2.39. The van der Waals surface area contributed by atoms with E-state index >= 15 is 0 Å². The summed E-state index contributed by atoms with van der Waals surface area (Å²) in [6.45, 7) is 1.89. The molecule has 1 heterocycles. The van der Waals surface area contributed by atoms with Crippen molar-refractivity contribution in [1.82, 2.24) is 10.1 Å². The molecule has 18 heavy (non-hydrogen) atoms. The molecule has 0 spiro atoms. The average Bonchev–Trinajstić information content (AvgIpc) is 2.75. The molecule has 0 aliphatic rings. The summed E-state index contributed by atoms with van der Waals surface area (Å²) in [5, 5.41) is 3.87. The van der Waals surface area contributed by atoms with Gasteiger partial charge in [-0.2, -0.15) is 4.98 Å². The number of hydrogen-bond donors (Lipinski definition) is 1. The van der Waals surface area contributed by atoms with Gasteiger partial charge in [0, 0.05) is 17.4 Å². The Bertz CT molecular complexity index is 498. The zero-order valence-electron chi connectivity index (χ0n) is 9.97. The van der Waals surface area contributed by atoms with Gasteiger partial charge in [0.2, 0.25) is 5.89 Å². The number of halogens is 1. The van der Waals surface area contributed by atoms with Gasteiger partial charge in [0.05, 0.1) is 5.75 Å². The molecule has 2 rings (SSSR count). The average molecular weight is 267 g/mol. The van der Waals surface area contributed by atoms with Crippen molar-refractivity contribution in [3.8, 4) is 0 Å². The van der Waals surface area contributed by atoms with E-state index in [1.54, 1.807) is 12.1 Å². The van der Waals surface area contributed by atoms with Crippen molar-refractivity contribution < 1.29 is 8.91 Å². The van der Waals surface area contributed by atoms with Crippen LogP contribution in [-0.4, -0.2) is 16.2 Å². The van der Waals surface area contributed by atoms with Crippen LogP contribution in [0.4, 0.5) is 4.39 Å². The second kappa shape index (κ2) is 5.97. The summed E-state index contributed by atoms with van der Waals surface area (Å²) in [7, 11) is 0. The van der Waals surface area contributed by atoms with Gasteiger partial charge in [0.15, 0.2) is 5.82 Å². The Morgan fingerprint density at radius 1 is 1.39 bits per heavy atom. The van der Waals surface area contributed by atoms with Crippen LogP contribution in [0.25, 0.3) is 0 Å². The van der Waals surface area contributed by atoms with E-state index in [2.05, 4.69) is 10.1 Å². The van der Waals surface area contributed by atoms with E-state index in [4.69, 9.17) is 10.3 Å². The van der Waals surface area contributed by atoms with Crippen LogP contribution in [-0.2, 0) is 12.2 Å². The zero-order valence-corrected chi connectivity index (χ0v) is 10.8. The Labute approximate surface area is 109 Å². The second-order valence-corrected chi connectivity index (χ2v) is 5.08. The number of aromatic nitrogens is 2. The largest absolute Gasteiger partial charge is 0.339 e. The van der Waals surface area contributed by atoms with E-state index in [-0.39, 0.29) is 11.9 Å². The monoisotopic (exact) mass is 267 g/mol. The summed E-state index contributed by atoms with van der Waals surface area (Å²) >= 11 is 1.53. The van der Waals surface area contributed by atoms with E-state index in [1.165, 1.54) is 23.9 Å². The van der Waals surface area contributed by atoms with Gasteiger partial charge in [-0.1, -0.05) is 5.16 Å². The molecule has 0 radical (unpaired) electrons. The fourth-order valence-electron chi connectivity index (χ4n) is 1.39. The van der Waals surface area contributed by atoms with Gasteiger partial charge in [0.25, 0.3) is 0 Å². The molecule has 6 heteroatoms. The van der Waals surface area contributed by atoms with Gasteiger partial charge >= 0.3 is 0 Å². The molecule has 4 nitrogen and oxygen atoms in total. The molecule has 0 aliphatic carbocycles. The van der Waals surface area contributed by atoms with Crippen LogP contribution in [0.2, 0.25) is 0 Å². The standard InChI is InChI=1S/C12H14FN3OS/c1-8(14)6-12-15-11(16-17-12)7-18-10-4-2-9(13)3-5-10/h2-5,8H,6-7,14H2,1H3. The molecule has 96 valence electrons. The molecule has 0 bridgehead atoms. The minimum atomic E-state index is -0.238. The molecular formula is C12H14FN3OS. The third-order valence-electron chi connectivity index (χ3n) is 2.19. The van der Waals surface area contributed by atoms with Gasteiger partial charge in [-0.05, 0) is 31.2 Å². The van der Waals surface area contributed by atoms with E-state index in [0.717, 1.165) is 4.90 Å². The fraction of sp³-hybridized carbons (Fsp3) is 0.333. The number of thioether (sulfide) groups is 1. The lowest BCUT2D eigenvalue weighted by Crippen LogP contribution is -2.17. The van der Waals surface area contributed by atoms with Crippen molar-refractivity contribution in [2.24, 2.45) is 5.73 Å². The molecule has 0 amide bonds. The van der Waals surface area contributed by atoms with Gasteiger partial charge in [-0.3, -0.25) is 0 Å². The van der Waals surface area contributed by atoms with Crippen LogP contribution in [0.15, 0.2) is 33.7 Å². The van der Waals surface area contributed by atoms with Crippen LogP contribution in [0.5, 0.6) is 0 Å². The molecule has 2 aromatic rings. The SMILES string of the molecule is CC(N)Cc1nc(CSc2ccc(F)cc2)no1. The maximum atomic E-state index is 12.7. The first-order valence-corrected chi connectivity index (χ1v) is 6.57. The normalized spacial score (nSPS) is 12.6. The van der Waals surface area contributed by atoms with Crippen LogP contribution in [0, 0.1) is 5.82 Å². The van der Waals surface area contributed by atoms with Gasteiger partial charge in [0.1, 0.15) is 5.82 Å². The molecule has 0 aliphatic heterocycles. The Kier molecular flexibility index (Phi) is 4.33. The molecule has 1 atom stereocenters. The topological polar surface area (TPSA) is 64.9 Å². The Morgan fingerprint density at radius 3 is 2.78 bits per heavy atom. The van der Waals surface area contributed by atoms with Crippen molar-refractivity contribution in [1.29, 1.82) is 0 Å². The Balaban J connectivity index is 1.90. The Morgan fingerprint density at radius 2 is 2.11 bits per heavy atom. The lowest BCUT2D eigenvalue weighted by Gasteiger charge is -1.98. The van der Waals surface area contributed by atoms with E-state index < -0.39 is 0 Å². The van der Waals surface area contributed by atoms with Crippen LogP contribution in [0.1, 0.15) is 18.6 Å².